The first-order chi connectivity index (χ1) is 10.0. The number of aromatic hydroxyl groups is 1. The smallest absolute Gasteiger partial charge is 0.326 e. The molecule has 4 N–H and O–H groups in total. The molecule has 0 spiro atoms. The molecule has 0 bridgehead atoms. The van der Waals surface area contributed by atoms with Crippen LogP contribution >= 0.6 is 0 Å². The minimum absolute atomic E-state index is 0.122. The standard InChI is InChI=1S/C15H20N2O4/c18-12-5-3-11(4-6-12)9-13(14(19)20)17-15(21)16-8-7-10-1-2-10/h3-6,10,13,18H,1-2,7-9H2,(H,19,20)(H2,16,17,21). The molecule has 0 aromatic heterocycles. The Hall–Kier alpha value is -2.24. The zero-order valence-corrected chi connectivity index (χ0v) is 11.7. The summed E-state index contributed by atoms with van der Waals surface area (Å²) in [6.07, 6.45) is 3.57. The average Bonchev–Trinajstić information content (AvgIpc) is 3.24. The Labute approximate surface area is 123 Å². The van der Waals surface area contributed by atoms with E-state index < -0.39 is 18.0 Å². The molecule has 0 aliphatic heterocycles. The molecule has 1 aromatic carbocycles. The Morgan fingerprint density at radius 2 is 1.90 bits per heavy atom. The van der Waals surface area contributed by atoms with Gasteiger partial charge in [-0.3, -0.25) is 0 Å². The Morgan fingerprint density at radius 3 is 2.48 bits per heavy atom. The van der Waals surface area contributed by atoms with Gasteiger partial charge in [0.2, 0.25) is 0 Å². The fraction of sp³-hybridized carbons (Fsp3) is 0.467. The summed E-state index contributed by atoms with van der Waals surface area (Å²) in [6.45, 7) is 0.571. The molecule has 114 valence electrons. The molecule has 1 aliphatic rings. The number of rotatable bonds is 7. The quantitative estimate of drug-likeness (QED) is 0.612. The summed E-state index contributed by atoms with van der Waals surface area (Å²) < 4.78 is 0. The number of amides is 2. The Balaban J connectivity index is 1.81. The van der Waals surface area contributed by atoms with Crippen molar-refractivity contribution in [2.45, 2.75) is 31.7 Å². The predicted octanol–water partition coefficient (Wildman–Crippen LogP) is 1.49. The molecule has 2 rings (SSSR count). The van der Waals surface area contributed by atoms with Crippen LogP contribution in [0.2, 0.25) is 0 Å². The summed E-state index contributed by atoms with van der Waals surface area (Å²) in [6, 6.07) is 4.81. The number of hydrogen-bond donors (Lipinski definition) is 4. The highest BCUT2D eigenvalue weighted by Gasteiger charge is 2.22. The molecule has 1 aliphatic carbocycles. The van der Waals surface area contributed by atoms with Crippen LogP contribution in [0.4, 0.5) is 4.79 Å². The number of carboxylic acid groups (broad SMARTS) is 1. The Kier molecular flexibility index (Phi) is 5.03. The molecular formula is C15H20N2O4. The van der Waals surface area contributed by atoms with Crippen LogP contribution in [0.5, 0.6) is 5.75 Å². The van der Waals surface area contributed by atoms with E-state index in [1.54, 1.807) is 12.1 Å². The van der Waals surface area contributed by atoms with Crippen molar-refractivity contribution >= 4 is 12.0 Å². The second kappa shape index (κ2) is 6.97. The van der Waals surface area contributed by atoms with Gasteiger partial charge < -0.3 is 20.8 Å². The van der Waals surface area contributed by atoms with Crippen LogP contribution in [0.3, 0.4) is 0 Å². The van der Waals surface area contributed by atoms with Gasteiger partial charge >= 0.3 is 12.0 Å². The summed E-state index contributed by atoms with van der Waals surface area (Å²) in [5, 5.41) is 23.5. The fourth-order valence-corrected chi connectivity index (χ4v) is 2.07. The van der Waals surface area contributed by atoms with E-state index in [9.17, 15) is 14.7 Å². The van der Waals surface area contributed by atoms with Gasteiger partial charge in [0.1, 0.15) is 11.8 Å². The summed E-state index contributed by atoms with van der Waals surface area (Å²) in [4.78, 5) is 22.9. The molecule has 0 radical (unpaired) electrons. The Morgan fingerprint density at radius 1 is 1.24 bits per heavy atom. The molecule has 21 heavy (non-hydrogen) atoms. The molecule has 0 heterocycles. The maximum absolute atomic E-state index is 11.7. The van der Waals surface area contributed by atoms with Gasteiger partial charge in [-0.05, 0) is 30.0 Å². The first-order valence-electron chi connectivity index (χ1n) is 7.09. The van der Waals surface area contributed by atoms with Gasteiger partial charge in [-0.25, -0.2) is 9.59 Å². The van der Waals surface area contributed by atoms with E-state index in [0.717, 1.165) is 17.9 Å². The lowest BCUT2D eigenvalue weighted by Gasteiger charge is -2.15. The number of urea groups is 1. The summed E-state index contributed by atoms with van der Waals surface area (Å²) in [7, 11) is 0. The van der Waals surface area contributed by atoms with Gasteiger partial charge in [0.15, 0.2) is 0 Å². The SMILES string of the molecule is O=C(NCCC1CC1)NC(Cc1ccc(O)cc1)C(=O)O. The summed E-state index contributed by atoms with van der Waals surface area (Å²) in [5.74, 6) is -0.241. The topological polar surface area (TPSA) is 98.7 Å². The van der Waals surface area contributed by atoms with Crippen LogP contribution in [0.1, 0.15) is 24.8 Å². The van der Waals surface area contributed by atoms with Crippen molar-refractivity contribution in [2.24, 2.45) is 5.92 Å². The van der Waals surface area contributed by atoms with E-state index in [-0.39, 0.29) is 12.2 Å². The van der Waals surface area contributed by atoms with Gasteiger partial charge in [0.05, 0.1) is 0 Å². The van der Waals surface area contributed by atoms with Crippen molar-refractivity contribution in [3.8, 4) is 5.75 Å². The van der Waals surface area contributed by atoms with Crippen LogP contribution in [-0.4, -0.2) is 34.8 Å². The van der Waals surface area contributed by atoms with Crippen LogP contribution in [0.25, 0.3) is 0 Å². The fourth-order valence-electron chi connectivity index (χ4n) is 2.07. The van der Waals surface area contributed by atoms with E-state index in [0.29, 0.717) is 6.54 Å². The number of benzene rings is 1. The van der Waals surface area contributed by atoms with Crippen LogP contribution in [-0.2, 0) is 11.2 Å². The van der Waals surface area contributed by atoms with E-state index >= 15 is 0 Å². The maximum atomic E-state index is 11.7. The maximum Gasteiger partial charge on any atom is 0.326 e. The highest BCUT2D eigenvalue weighted by Crippen LogP contribution is 2.31. The lowest BCUT2D eigenvalue weighted by atomic mass is 10.1. The molecule has 1 unspecified atom stereocenters. The number of carbonyl (C=O) groups is 2. The lowest BCUT2D eigenvalue weighted by Crippen LogP contribution is -2.47. The number of aliphatic carboxylic acids is 1. The van der Waals surface area contributed by atoms with E-state index in [4.69, 9.17) is 5.11 Å². The molecule has 1 atom stereocenters. The number of nitrogens with one attached hydrogen (secondary N) is 2. The van der Waals surface area contributed by atoms with Gasteiger partial charge in [-0.2, -0.15) is 0 Å². The number of carbonyl (C=O) groups excluding carboxylic acids is 1. The molecule has 1 fully saturated rings. The van der Waals surface area contributed by atoms with E-state index in [2.05, 4.69) is 10.6 Å². The van der Waals surface area contributed by atoms with Crippen molar-refractivity contribution in [3.63, 3.8) is 0 Å². The molecule has 2 amide bonds. The van der Waals surface area contributed by atoms with Gasteiger partial charge in [0, 0.05) is 13.0 Å². The van der Waals surface area contributed by atoms with Gasteiger partial charge in [0.25, 0.3) is 0 Å². The first kappa shape index (κ1) is 15.2. The van der Waals surface area contributed by atoms with E-state index in [1.165, 1.54) is 25.0 Å². The van der Waals surface area contributed by atoms with Crippen LogP contribution in [0.15, 0.2) is 24.3 Å². The minimum Gasteiger partial charge on any atom is -0.508 e. The predicted molar refractivity (Wildman–Crippen MR) is 77.1 cm³/mol. The molecule has 1 aromatic rings. The second-order valence-electron chi connectivity index (χ2n) is 5.39. The molecular weight excluding hydrogens is 272 g/mol. The third-order valence-electron chi connectivity index (χ3n) is 3.51. The molecule has 6 heteroatoms. The number of phenolic OH excluding ortho intramolecular Hbond substituents is 1. The zero-order chi connectivity index (χ0) is 15.2. The van der Waals surface area contributed by atoms with E-state index in [1.807, 2.05) is 0 Å². The normalized spacial score (nSPS) is 15.2. The Bertz CT molecular complexity index is 497. The van der Waals surface area contributed by atoms with Crippen molar-refractivity contribution in [2.75, 3.05) is 6.54 Å². The highest BCUT2D eigenvalue weighted by atomic mass is 16.4. The van der Waals surface area contributed by atoms with Crippen LogP contribution in [0, 0.1) is 5.92 Å². The van der Waals surface area contributed by atoms with Gasteiger partial charge in [-0.1, -0.05) is 25.0 Å². The van der Waals surface area contributed by atoms with Gasteiger partial charge in [-0.15, -0.1) is 0 Å². The third kappa shape index (κ3) is 5.33. The molecule has 1 saturated carbocycles. The monoisotopic (exact) mass is 292 g/mol. The summed E-state index contributed by atoms with van der Waals surface area (Å²) >= 11 is 0. The second-order valence-corrected chi connectivity index (χ2v) is 5.39. The number of carboxylic acids is 1. The number of hydrogen-bond acceptors (Lipinski definition) is 3. The first-order valence-corrected chi connectivity index (χ1v) is 7.09. The van der Waals surface area contributed by atoms with Crippen LogP contribution < -0.4 is 10.6 Å². The molecule has 6 nitrogen and oxygen atoms in total. The largest absolute Gasteiger partial charge is 0.508 e. The third-order valence-corrected chi connectivity index (χ3v) is 3.51. The van der Waals surface area contributed by atoms with Crippen molar-refractivity contribution < 1.29 is 19.8 Å². The minimum atomic E-state index is -1.08. The van der Waals surface area contributed by atoms with Crippen molar-refractivity contribution in [3.05, 3.63) is 29.8 Å². The average molecular weight is 292 g/mol. The summed E-state index contributed by atoms with van der Waals surface area (Å²) in [5.41, 5.74) is 0.735. The van der Waals surface area contributed by atoms with Crippen molar-refractivity contribution in [1.29, 1.82) is 0 Å². The zero-order valence-electron chi connectivity index (χ0n) is 11.7. The highest BCUT2D eigenvalue weighted by molar-refractivity contribution is 5.82. The van der Waals surface area contributed by atoms with Crippen molar-refractivity contribution in [1.82, 2.24) is 10.6 Å². The molecule has 0 saturated heterocycles. The lowest BCUT2D eigenvalue weighted by molar-refractivity contribution is -0.139. The number of phenols is 1.